The number of benzene rings is 2. The minimum Gasteiger partial charge on any atom is -0.385 e. The summed E-state index contributed by atoms with van der Waals surface area (Å²) in [4.78, 5) is 27.4. The highest BCUT2D eigenvalue weighted by Gasteiger charge is 2.39. The van der Waals surface area contributed by atoms with Crippen LogP contribution in [0, 0.1) is 11.2 Å². The van der Waals surface area contributed by atoms with E-state index in [-0.39, 0.29) is 35.8 Å². The molecule has 0 saturated carbocycles. The van der Waals surface area contributed by atoms with Crippen LogP contribution in [-0.4, -0.2) is 41.9 Å². The molecule has 0 radical (unpaired) electrons. The van der Waals surface area contributed by atoms with Crippen molar-refractivity contribution in [1.29, 1.82) is 5.41 Å². The van der Waals surface area contributed by atoms with Crippen LogP contribution in [-0.2, 0) is 16.0 Å². The average molecular weight is 467 g/mol. The molecule has 180 valence electrons. The van der Waals surface area contributed by atoms with Gasteiger partial charge >= 0.3 is 0 Å². The number of rotatable bonds is 7. The van der Waals surface area contributed by atoms with E-state index in [0.717, 1.165) is 18.4 Å². The fraction of sp³-hybridized carbons (Fsp3) is 0.423. The van der Waals surface area contributed by atoms with Gasteiger partial charge in [0.15, 0.2) is 5.96 Å². The maximum absolute atomic E-state index is 14.7. The molecule has 8 heteroatoms. The van der Waals surface area contributed by atoms with E-state index >= 15 is 0 Å². The second-order valence-corrected chi connectivity index (χ2v) is 9.63. The number of halogens is 1. The van der Waals surface area contributed by atoms with Crippen LogP contribution in [0.15, 0.2) is 42.5 Å². The molecule has 2 aromatic carbocycles. The maximum atomic E-state index is 14.7. The minimum atomic E-state index is -0.641. The van der Waals surface area contributed by atoms with Crippen molar-refractivity contribution in [3.05, 3.63) is 70.5 Å². The van der Waals surface area contributed by atoms with E-state index in [2.05, 4.69) is 16.7 Å². The first-order valence-electron chi connectivity index (χ1n) is 11.6. The summed E-state index contributed by atoms with van der Waals surface area (Å²) in [5, 5.41) is 14.5. The first-order valence-corrected chi connectivity index (χ1v) is 11.6. The molecular formula is C26H31FN4O3. The Kier molecular flexibility index (Phi) is 6.70. The summed E-state index contributed by atoms with van der Waals surface area (Å²) in [6.45, 7) is 4.02. The van der Waals surface area contributed by atoms with Gasteiger partial charge in [-0.2, -0.15) is 0 Å². The Hall–Kier alpha value is -3.26. The van der Waals surface area contributed by atoms with Crippen LogP contribution in [0.5, 0.6) is 0 Å². The largest absolute Gasteiger partial charge is 0.385 e. The topological polar surface area (TPSA) is 94.5 Å². The number of nitrogens with zero attached hydrogens (tertiary/aromatic N) is 1. The normalized spacial score (nSPS) is 20.0. The Morgan fingerprint density at radius 3 is 2.82 bits per heavy atom. The summed E-state index contributed by atoms with van der Waals surface area (Å²) in [5.41, 5.74) is 2.40. The van der Waals surface area contributed by atoms with E-state index in [1.165, 1.54) is 22.6 Å². The molecule has 1 aliphatic carbocycles. The number of carbonyl (C=O) groups is 2. The SMILES string of the molecule is COCC[C@H](c1cc(F)cc(C(=O)N[C@H]2CCc3ccccc32)c1)N1C(=N)NC(C)(C)CC1=O. The van der Waals surface area contributed by atoms with Crippen molar-refractivity contribution in [1.82, 2.24) is 15.5 Å². The van der Waals surface area contributed by atoms with Crippen molar-refractivity contribution in [3.63, 3.8) is 0 Å². The monoisotopic (exact) mass is 466 g/mol. The first kappa shape index (κ1) is 23.9. The van der Waals surface area contributed by atoms with Crippen LogP contribution in [0.3, 0.4) is 0 Å². The standard InChI is InChI=1S/C26H31FN4O3/c1-26(2)15-23(32)31(25(28)30-26)22(10-11-34-3)17-12-18(14-19(27)13-17)24(33)29-21-9-8-16-6-4-5-7-20(16)21/h4-7,12-14,21-22H,8-11,15H2,1-3H3,(H2,28,30)(H,29,33)/t21-,22+/m0/s1. The number of amides is 2. The molecule has 1 fully saturated rings. The Balaban J connectivity index is 1.61. The van der Waals surface area contributed by atoms with Gasteiger partial charge in [0, 0.05) is 31.2 Å². The molecular weight excluding hydrogens is 435 g/mol. The predicted molar refractivity (Wildman–Crippen MR) is 127 cm³/mol. The number of hydrogen-bond donors (Lipinski definition) is 3. The number of guanidine groups is 1. The Morgan fingerprint density at radius 2 is 2.09 bits per heavy atom. The Labute approximate surface area is 199 Å². The van der Waals surface area contributed by atoms with Gasteiger partial charge in [-0.25, -0.2) is 4.39 Å². The van der Waals surface area contributed by atoms with Gasteiger partial charge in [-0.05, 0) is 68.0 Å². The summed E-state index contributed by atoms with van der Waals surface area (Å²) < 4.78 is 19.9. The molecule has 0 spiro atoms. The molecule has 1 aliphatic heterocycles. The number of ether oxygens (including phenoxy) is 1. The second-order valence-electron chi connectivity index (χ2n) is 9.63. The first-order chi connectivity index (χ1) is 16.2. The summed E-state index contributed by atoms with van der Waals surface area (Å²) >= 11 is 0. The van der Waals surface area contributed by atoms with E-state index in [4.69, 9.17) is 10.1 Å². The van der Waals surface area contributed by atoms with Gasteiger partial charge in [0.25, 0.3) is 5.91 Å². The lowest BCUT2D eigenvalue weighted by atomic mass is 9.93. The fourth-order valence-corrected chi connectivity index (χ4v) is 4.90. The molecule has 1 heterocycles. The highest BCUT2D eigenvalue weighted by atomic mass is 19.1. The van der Waals surface area contributed by atoms with Crippen molar-refractivity contribution >= 4 is 17.8 Å². The third-order valence-corrected chi connectivity index (χ3v) is 6.47. The summed E-state index contributed by atoms with van der Waals surface area (Å²) in [6.07, 6.45) is 2.23. The van der Waals surface area contributed by atoms with Gasteiger partial charge < -0.3 is 15.4 Å². The molecule has 4 rings (SSSR count). The number of hydrogen-bond acceptors (Lipinski definition) is 4. The van der Waals surface area contributed by atoms with E-state index < -0.39 is 17.4 Å². The van der Waals surface area contributed by atoms with Crippen LogP contribution >= 0.6 is 0 Å². The number of carbonyl (C=O) groups excluding carboxylic acids is 2. The molecule has 1 saturated heterocycles. The Bertz CT molecular complexity index is 1100. The van der Waals surface area contributed by atoms with E-state index in [1.54, 1.807) is 13.2 Å². The van der Waals surface area contributed by atoms with Crippen molar-refractivity contribution in [2.75, 3.05) is 13.7 Å². The molecule has 0 aromatic heterocycles. The maximum Gasteiger partial charge on any atom is 0.251 e. The molecule has 0 bridgehead atoms. The third-order valence-electron chi connectivity index (χ3n) is 6.47. The molecule has 2 amide bonds. The smallest absolute Gasteiger partial charge is 0.251 e. The molecule has 3 N–H and O–H groups in total. The van der Waals surface area contributed by atoms with Gasteiger partial charge in [0.1, 0.15) is 5.82 Å². The average Bonchev–Trinajstić information content (AvgIpc) is 3.17. The van der Waals surface area contributed by atoms with Crippen LogP contribution in [0.1, 0.15) is 72.2 Å². The van der Waals surface area contributed by atoms with Gasteiger partial charge in [0.2, 0.25) is 5.91 Å². The molecule has 34 heavy (non-hydrogen) atoms. The van der Waals surface area contributed by atoms with Crippen LogP contribution in [0.4, 0.5) is 4.39 Å². The Morgan fingerprint density at radius 1 is 1.32 bits per heavy atom. The molecule has 0 unspecified atom stereocenters. The lowest BCUT2D eigenvalue weighted by molar-refractivity contribution is -0.132. The predicted octanol–water partition coefficient (Wildman–Crippen LogP) is 3.86. The zero-order chi connectivity index (χ0) is 24.5. The lowest BCUT2D eigenvalue weighted by Gasteiger charge is -2.42. The summed E-state index contributed by atoms with van der Waals surface area (Å²) in [5.74, 6) is -1.21. The highest BCUT2D eigenvalue weighted by molar-refractivity contribution is 5.99. The number of nitrogens with one attached hydrogen (secondary N) is 3. The zero-order valence-electron chi connectivity index (χ0n) is 19.8. The molecule has 2 aromatic rings. The third kappa shape index (κ3) is 4.97. The molecule has 2 atom stereocenters. The van der Waals surface area contributed by atoms with E-state index in [1.807, 2.05) is 32.0 Å². The van der Waals surface area contributed by atoms with E-state index in [0.29, 0.717) is 18.6 Å². The second kappa shape index (κ2) is 9.54. The van der Waals surface area contributed by atoms with Crippen molar-refractivity contribution in [2.24, 2.45) is 0 Å². The van der Waals surface area contributed by atoms with Gasteiger partial charge in [0.05, 0.1) is 12.1 Å². The number of methoxy groups -OCH3 is 1. The van der Waals surface area contributed by atoms with Crippen LogP contribution in [0.25, 0.3) is 0 Å². The molecule has 7 nitrogen and oxygen atoms in total. The quantitative estimate of drug-likeness (QED) is 0.578. The number of fused-ring (bicyclic) bond motifs is 1. The van der Waals surface area contributed by atoms with Crippen molar-refractivity contribution in [3.8, 4) is 0 Å². The lowest BCUT2D eigenvalue weighted by Crippen LogP contribution is -2.60. The minimum absolute atomic E-state index is 0.0415. The fourth-order valence-electron chi connectivity index (χ4n) is 4.90. The summed E-state index contributed by atoms with van der Waals surface area (Å²) in [6, 6.07) is 11.4. The van der Waals surface area contributed by atoms with Crippen LogP contribution < -0.4 is 10.6 Å². The number of aryl methyl sites for hydroxylation is 1. The highest BCUT2D eigenvalue weighted by Crippen LogP contribution is 2.33. The zero-order valence-corrected chi connectivity index (χ0v) is 19.8. The van der Waals surface area contributed by atoms with Crippen molar-refractivity contribution < 1.29 is 18.7 Å². The summed E-state index contributed by atoms with van der Waals surface area (Å²) in [7, 11) is 1.55. The van der Waals surface area contributed by atoms with Crippen LogP contribution in [0.2, 0.25) is 0 Å². The van der Waals surface area contributed by atoms with Gasteiger partial charge in [-0.15, -0.1) is 0 Å². The van der Waals surface area contributed by atoms with Crippen molar-refractivity contribution in [2.45, 2.75) is 57.2 Å². The van der Waals surface area contributed by atoms with Gasteiger partial charge in [-0.3, -0.25) is 19.9 Å². The van der Waals surface area contributed by atoms with E-state index in [9.17, 15) is 14.0 Å². The molecule has 2 aliphatic rings. The van der Waals surface area contributed by atoms with Gasteiger partial charge in [-0.1, -0.05) is 24.3 Å².